The van der Waals surface area contributed by atoms with Crippen LogP contribution in [0.3, 0.4) is 0 Å². The Morgan fingerprint density at radius 3 is 2.24 bits per heavy atom. The van der Waals surface area contributed by atoms with Crippen LogP contribution in [0.1, 0.15) is 55.3 Å². The van der Waals surface area contributed by atoms with Crippen molar-refractivity contribution in [2.75, 3.05) is 55.7 Å². The minimum absolute atomic E-state index is 0.139. The van der Waals surface area contributed by atoms with Crippen LogP contribution >= 0.6 is 11.8 Å². The molecule has 5 rings (SSSR count). The predicted molar refractivity (Wildman–Crippen MR) is 120 cm³/mol. The van der Waals surface area contributed by atoms with Gasteiger partial charge in [0, 0.05) is 49.9 Å². The molecule has 6 heteroatoms. The zero-order valence-corrected chi connectivity index (χ0v) is 18.3. The molecule has 0 aromatic carbocycles. The first kappa shape index (κ1) is 19.7. The highest BCUT2D eigenvalue weighted by atomic mass is 32.2. The average molecular weight is 415 g/mol. The lowest BCUT2D eigenvalue weighted by Crippen LogP contribution is -2.51. The minimum Gasteiger partial charge on any atom is -0.357 e. The van der Waals surface area contributed by atoms with Crippen LogP contribution in [-0.4, -0.2) is 77.5 Å². The number of piperidine rings is 2. The Balaban J connectivity index is 1.14. The molecule has 1 amide bonds. The molecule has 29 heavy (non-hydrogen) atoms. The van der Waals surface area contributed by atoms with Gasteiger partial charge in [-0.15, -0.1) is 0 Å². The fourth-order valence-electron chi connectivity index (χ4n) is 5.47. The van der Waals surface area contributed by atoms with Gasteiger partial charge in [-0.25, -0.2) is 4.98 Å². The molecule has 0 N–H and O–H groups in total. The summed E-state index contributed by atoms with van der Waals surface area (Å²) < 4.78 is 0. The van der Waals surface area contributed by atoms with Gasteiger partial charge in [-0.1, -0.05) is 6.42 Å². The molecule has 1 aromatic heterocycles. The molecule has 3 aliphatic heterocycles. The summed E-state index contributed by atoms with van der Waals surface area (Å²) in [5, 5.41) is 0. The zero-order valence-electron chi connectivity index (χ0n) is 17.5. The van der Waals surface area contributed by atoms with Crippen LogP contribution in [0.15, 0.2) is 18.3 Å². The van der Waals surface area contributed by atoms with Crippen molar-refractivity contribution in [1.82, 2.24) is 14.8 Å². The number of hydrogen-bond acceptors (Lipinski definition) is 5. The van der Waals surface area contributed by atoms with Gasteiger partial charge in [0.1, 0.15) is 5.82 Å². The molecule has 158 valence electrons. The van der Waals surface area contributed by atoms with Gasteiger partial charge in [0.2, 0.25) is 0 Å². The molecule has 4 aliphatic rings. The summed E-state index contributed by atoms with van der Waals surface area (Å²) in [5.74, 6) is 3.27. The summed E-state index contributed by atoms with van der Waals surface area (Å²) in [7, 11) is 0. The molecular weight excluding hydrogens is 380 g/mol. The SMILES string of the molecule is O=C(c1ccc(N2CCC3(CC2)CCN(C2CCC2)CC3)nc1)N1CCSCC1. The molecule has 0 atom stereocenters. The number of aromatic nitrogens is 1. The van der Waals surface area contributed by atoms with E-state index >= 15 is 0 Å². The Morgan fingerprint density at radius 2 is 1.66 bits per heavy atom. The molecule has 1 saturated carbocycles. The van der Waals surface area contributed by atoms with Gasteiger partial charge in [-0.2, -0.15) is 11.8 Å². The molecule has 4 heterocycles. The highest BCUT2D eigenvalue weighted by molar-refractivity contribution is 7.99. The van der Waals surface area contributed by atoms with Crippen molar-refractivity contribution in [2.24, 2.45) is 5.41 Å². The second-order valence-electron chi connectivity index (χ2n) is 9.42. The molecule has 0 radical (unpaired) electrons. The normalized spacial score (nSPS) is 25.8. The predicted octanol–water partition coefficient (Wildman–Crippen LogP) is 3.51. The third kappa shape index (κ3) is 4.15. The molecule has 1 aliphatic carbocycles. The van der Waals surface area contributed by atoms with Gasteiger partial charge in [-0.3, -0.25) is 4.79 Å². The maximum Gasteiger partial charge on any atom is 0.255 e. The Morgan fingerprint density at radius 1 is 0.966 bits per heavy atom. The molecule has 0 unspecified atom stereocenters. The van der Waals surface area contributed by atoms with E-state index in [2.05, 4.69) is 20.9 Å². The number of hydrogen-bond donors (Lipinski definition) is 0. The van der Waals surface area contributed by atoms with Crippen LogP contribution in [0.4, 0.5) is 5.82 Å². The third-order valence-corrected chi connectivity index (χ3v) is 8.83. The molecule has 0 bridgehead atoms. The lowest BCUT2D eigenvalue weighted by molar-refractivity contribution is 0.0305. The van der Waals surface area contributed by atoms with E-state index in [1.54, 1.807) is 6.20 Å². The molecule has 1 spiro atoms. The fraction of sp³-hybridized carbons (Fsp3) is 0.739. The van der Waals surface area contributed by atoms with E-state index in [-0.39, 0.29) is 5.91 Å². The van der Waals surface area contributed by atoms with E-state index < -0.39 is 0 Å². The van der Waals surface area contributed by atoms with Crippen LogP contribution in [0, 0.1) is 5.41 Å². The Bertz CT molecular complexity index is 696. The molecule has 1 aromatic rings. The van der Waals surface area contributed by atoms with Gasteiger partial charge in [0.05, 0.1) is 5.56 Å². The van der Waals surface area contributed by atoms with Crippen molar-refractivity contribution >= 4 is 23.5 Å². The topological polar surface area (TPSA) is 39.7 Å². The maximum atomic E-state index is 12.6. The Labute approximate surface area is 179 Å². The van der Waals surface area contributed by atoms with Gasteiger partial charge in [0.15, 0.2) is 0 Å². The summed E-state index contributed by atoms with van der Waals surface area (Å²) in [5.41, 5.74) is 1.30. The smallest absolute Gasteiger partial charge is 0.255 e. The highest BCUT2D eigenvalue weighted by Gasteiger charge is 2.39. The van der Waals surface area contributed by atoms with Crippen molar-refractivity contribution in [2.45, 2.75) is 51.0 Å². The van der Waals surface area contributed by atoms with Crippen molar-refractivity contribution < 1.29 is 4.79 Å². The van der Waals surface area contributed by atoms with Crippen LogP contribution in [0.5, 0.6) is 0 Å². The van der Waals surface area contributed by atoms with Crippen LogP contribution in [-0.2, 0) is 0 Å². The van der Waals surface area contributed by atoms with Gasteiger partial charge < -0.3 is 14.7 Å². The van der Waals surface area contributed by atoms with Crippen molar-refractivity contribution in [3.8, 4) is 0 Å². The van der Waals surface area contributed by atoms with Crippen LogP contribution < -0.4 is 4.90 Å². The second-order valence-corrected chi connectivity index (χ2v) is 10.6. The number of likely N-dealkylation sites (tertiary alicyclic amines) is 1. The molecule has 4 fully saturated rings. The number of anilines is 1. The number of carbonyl (C=O) groups excluding carboxylic acids is 1. The number of rotatable bonds is 3. The van der Waals surface area contributed by atoms with Crippen molar-refractivity contribution in [3.63, 3.8) is 0 Å². The van der Waals surface area contributed by atoms with Crippen molar-refractivity contribution in [3.05, 3.63) is 23.9 Å². The van der Waals surface area contributed by atoms with Crippen molar-refractivity contribution in [1.29, 1.82) is 0 Å². The van der Waals surface area contributed by atoms with E-state index in [1.165, 1.54) is 58.0 Å². The molecule has 5 nitrogen and oxygen atoms in total. The lowest BCUT2D eigenvalue weighted by Gasteiger charge is -2.50. The van der Waals surface area contributed by atoms with E-state index in [1.807, 2.05) is 22.7 Å². The van der Waals surface area contributed by atoms with Crippen LogP contribution in [0.2, 0.25) is 0 Å². The monoisotopic (exact) mass is 414 g/mol. The van der Waals surface area contributed by atoms with Gasteiger partial charge in [-0.05, 0) is 69.2 Å². The summed E-state index contributed by atoms with van der Waals surface area (Å²) >= 11 is 1.93. The Hall–Kier alpha value is -1.27. The Kier molecular flexibility index (Phi) is 5.74. The first-order valence-corrected chi connectivity index (χ1v) is 12.7. The molecular formula is C23H34N4OS. The van der Waals surface area contributed by atoms with Gasteiger partial charge in [0.25, 0.3) is 5.91 Å². The first-order valence-electron chi connectivity index (χ1n) is 11.5. The standard InChI is InChI=1S/C23H34N4OS/c28-22(27-14-16-29-17-15-27)19-4-5-21(24-18-19)26-12-8-23(9-13-26)6-10-25(11-7-23)20-2-1-3-20/h4-5,18,20H,1-3,6-17H2. The molecule has 3 saturated heterocycles. The van der Waals surface area contributed by atoms with Crippen LogP contribution in [0.25, 0.3) is 0 Å². The summed E-state index contributed by atoms with van der Waals surface area (Å²) in [6.07, 6.45) is 11.4. The van der Waals surface area contributed by atoms with E-state index in [0.29, 0.717) is 5.41 Å². The number of nitrogens with zero attached hydrogens (tertiary/aromatic N) is 4. The fourth-order valence-corrected chi connectivity index (χ4v) is 6.38. The number of carbonyl (C=O) groups is 1. The number of amides is 1. The summed E-state index contributed by atoms with van der Waals surface area (Å²) in [6, 6.07) is 4.94. The van der Waals surface area contributed by atoms with Gasteiger partial charge >= 0.3 is 0 Å². The van der Waals surface area contributed by atoms with E-state index in [9.17, 15) is 4.79 Å². The van der Waals surface area contributed by atoms with E-state index in [4.69, 9.17) is 0 Å². The maximum absolute atomic E-state index is 12.6. The zero-order chi connectivity index (χ0) is 19.7. The van der Waals surface area contributed by atoms with E-state index in [0.717, 1.165) is 55.1 Å². The third-order valence-electron chi connectivity index (χ3n) is 7.89. The summed E-state index contributed by atoms with van der Waals surface area (Å²) in [4.78, 5) is 24.5. The number of pyridine rings is 1. The number of thioether (sulfide) groups is 1. The highest BCUT2D eigenvalue weighted by Crippen LogP contribution is 2.43. The largest absolute Gasteiger partial charge is 0.357 e. The quantitative estimate of drug-likeness (QED) is 0.757. The second kappa shape index (κ2) is 8.46. The first-order chi connectivity index (χ1) is 14.2. The minimum atomic E-state index is 0.139. The summed E-state index contributed by atoms with van der Waals surface area (Å²) in [6.45, 7) is 6.55. The lowest BCUT2D eigenvalue weighted by atomic mass is 9.70. The average Bonchev–Trinajstić information content (AvgIpc) is 2.75.